The number of imidazole rings is 1. The van der Waals surface area contributed by atoms with E-state index in [9.17, 15) is 4.79 Å². The molecule has 1 fully saturated rings. The highest BCUT2D eigenvalue weighted by Crippen LogP contribution is 2.27. The van der Waals surface area contributed by atoms with Crippen LogP contribution in [0.3, 0.4) is 0 Å². The molecule has 2 heterocycles. The number of nitrogens with zero attached hydrogens (tertiary/aromatic N) is 4. The summed E-state index contributed by atoms with van der Waals surface area (Å²) in [7, 11) is 0. The van der Waals surface area contributed by atoms with Crippen molar-refractivity contribution in [1.82, 2.24) is 19.4 Å². The molecule has 0 saturated carbocycles. The van der Waals surface area contributed by atoms with Gasteiger partial charge in [0.1, 0.15) is 5.82 Å². The first-order chi connectivity index (χ1) is 15.0. The maximum atomic E-state index is 12.9. The Morgan fingerprint density at radius 2 is 1.90 bits per heavy atom. The lowest BCUT2D eigenvalue weighted by molar-refractivity contribution is -0.138. The van der Waals surface area contributed by atoms with Gasteiger partial charge in [0, 0.05) is 28.7 Å². The van der Waals surface area contributed by atoms with Crippen molar-refractivity contribution in [3.63, 3.8) is 0 Å². The maximum Gasteiger partial charge on any atom is 0.225 e. The number of benzene rings is 2. The van der Waals surface area contributed by atoms with E-state index in [4.69, 9.17) is 4.98 Å². The molecule has 0 unspecified atom stereocenters. The summed E-state index contributed by atoms with van der Waals surface area (Å²) in [6, 6.07) is 16.9. The maximum absolute atomic E-state index is 12.9. The fourth-order valence-electron chi connectivity index (χ4n) is 4.63. The number of fused-ring (bicyclic) bond motifs is 1. The highest BCUT2D eigenvalue weighted by molar-refractivity contribution is 9.10. The normalized spacial score (nSPS) is 15.6. The van der Waals surface area contributed by atoms with Gasteiger partial charge >= 0.3 is 0 Å². The summed E-state index contributed by atoms with van der Waals surface area (Å²) in [5.41, 5.74) is 3.24. The molecule has 1 aliphatic rings. The van der Waals surface area contributed by atoms with Crippen LogP contribution in [0.5, 0.6) is 0 Å². The molecule has 1 saturated heterocycles. The van der Waals surface area contributed by atoms with Crippen LogP contribution in [0.4, 0.5) is 0 Å². The molecule has 2 aromatic carbocycles. The van der Waals surface area contributed by atoms with Gasteiger partial charge in [0.25, 0.3) is 0 Å². The van der Waals surface area contributed by atoms with E-state index in [0.717, 1.165) is 66.0 Å². The fourth-order valence-corrected chi connectivity index (χ4v) is 5.02. The minimum atomic E-state index is 0.141. The first-order valence-corrected chi connectivity index (χ1v) is 12.0. The highest BCUT2D eigenvalue weighted by atomic mass is 79.9. The van der Waals surface area contributed by atoms with Crippen LogP contribution in [-0.4, -0.2) is 50.9 Å². The first-order valence-electron chi connectivity index (χ1n) is 11.2. The van der Waals surface area contributed by atoms with Crippen molar-refractivity contribution in [3.8, 4) is 5.69 Å². The molecule has 164 valence electrons. The third-order valence-corrected chi connectivity index (χ3v) is 6.74. The zero-order valence-electron chi connectivity index (χ0n) is 18.6. The Labute approximate surface area is 193 Å². The van der Waals surface area contributed by atoms with Gasteiger partial charge in [-0.05, 0) is 77.0 Å². The van der Waals surface area contributed by atoms with E-state index in [1.54, 1.807) is 0 Å². The standard InChI is InChI=1S/C25H31BrN4O/c1-4-29(18(2)3)25(31)19-12-14-28(15-13-19)17-24-27-22-10-5-6-11-23(22)30(24)21-9-7-8-20(26)16-21/h5-11,16,18-19H,4,12-15,17H2,1-3H3. The van der Waals surface area contributed by atoms with Crippen LogP contribution in [0, 0.1) is 5.92 Å². The second kappa shape index (κ2) is 9.53. The number of amides is 1. The first kappa shape index (κ1) is 22.0. The molecule has 3 aromatic rings. The molecule has 1 aromatic heterocycles. The third-order valence-electron chi connectivity index (χ3n) is 6.25. The van der Waals surface area contributed by atoms with Crippen LogP contribution in [0.25, 0.3) is 16.7 Å². The number of halogens is 1. The molecular formula is C25H31BrN4O. The summed E-state index contributed by atoms with van der Waals surface area (Å²) in [4.78, 5) is 22.3. The van der Waals surface area contributed by atoms with Gasteiger partial charge < -0.3 is 4.90 Å². The Balaban J connectivity index is 1.53. The Hall–Kier alpha value is -2.18. The van der Waals surface area contributed by atoms with Gasteiger partial charge in [0.15, 0.2) is 0 Å². The fraction of sp³-hybridized carbons (Fsp3) is 0.440. The smallest absolute Gasteiger partial charge is 0.225 e. The largest absolute Gasteiger partial charge is 0.340 e. The predicted octanol–water partition coefficient (Wildman–Crippen LogP) is 5.26. The molecule has 1 aliphatic heterocycles. The van der Waals surface area contributed by atoms with E-state index in [2.05, 4.69) is 82.6 Å². The van der Waals surface area contributed by atoms with Crippen LogP contribution in [0.2, 0.25) is 0 Å². The number of para-hydroxylation sites is 2. The molecule has 0 N–H and O–H groups in total. The predicted molar refractivity (Wildman–Crippen MR) is 129 cm³/mol. The van der Waals surface area contributed by atoms with E-state index in [-0.39, 0.29) is 12.0 Å². The highest BCUT2D eigenvalue weighted by Gasteiger charge is 2.29. The van der Waals surface area contributed by atoms with Gasteiger partial charge in [-0.2, -0.15) is 0 Å². The van der Waals surface area contributed by atoms with Crippen LogP contribution in [-0.2, 0) is 11.3 Å². The molecule has 31 heavy (non-hydrogen) atoms. The molecule has 0 atom stereocenters. The van der Waals surface area contributed by atoms with E-state index in [0.29, 0.717) is 5.91 Å². The van der Waals surface area contributed by atoms with Crippen LogP contribution >= 0.6 is 15.9 Å². The molecule has 0 bridgehead atoms. The van der Waals surface area contributed by atoms with Crippen molar-refractivity contribution in [2.75, 3.05) is 19.6 Å². The van der Waals surface area contributed by atoms with Gasteiger partial charge in [-0.15, -0.1) is 0 Å². The quantitative estimate of drug-likeness (QED) is 0.481. The summed E-state index contributed by atoms with van der Waals surface area (Å²) < 4.78 is 3.31. The third kappa shape index (κ3) is 4.70. The SMILES string of the molecule is CCN(C(=O)C1CCN(Cc2nc3ccccc3n2-c2cccc(Br)c2)CC1)C(C)C. The summed E-state index contributed by atoms with van der Waals surface area (Å²) in [5.74, 6) is 1.50. The van der Waals surface area contributed by atoms with E-state index >= 15 is 0 Å². The zero-order chi connectivity index (χ0) is 22.0. The number of hydrogen-bond acceptors (Lipinski definition) is 3. The molecule has 4 rings (SSSR count). The second-order valence-electron chi connectivity index (χ2n) is 8.60. The lowest BCUT2D eigenvalue weighted by Gasteiger charge is -2.35. The second-order valence-corrected chi connectivity index (χ2v) is 9.52. The summed E-state index contributed by atoms with van der Waals surface area (Å²) >= 11 is 3.60. The Kier molecular flexibility index (Phi) is 6.77. The number of rotatable bonds is 6. The van der Waals surface area contributed by atoms with Gasteiger partial charge in [-0.1, -0.05) is 34.1 Å². The van der Waals surface area contributed by atoms with Gasteiger partial charge in [0.2, 0.25) is 5.91 Å². The van der Waals surface area contributed by atoms with Crippen LogP contribution < -0.4 is 0 Å². The van der Waals surface area contributed by atoms with Crippen LogP contribution in [0.15, 0.2) is 53.0 Å². The average molecular weight is 483 g/mol. The molecule has 0 aliphatic carbocycles. The molecule has 6 heteroatoms. The molecule has 0 radical (unpaired) electrons. The topological polar surface area (TPSA) is 41.4 Å². The Morgan fingerprint density at radius 3 is 2.58 bits per heavy atom. The summed E-state index contributed by atoms with van der Waals surface area (Å²) in [6.07, 6.45) is 1.83. The summed E-state index contributed by atoms with van der Waals surface area (Å²) in [6.45, 7) is 9.68. The Bertz CT molecular complexity index is 1050. The summed E-state index contributed by atoms with van der Waals surface area (Å²) in [5, 5.41) is 0. The van der Waals surface area contributed by atoms with Crippen molar-refractivity contribution >= 4 is 32.9 Å². The van der Waals surface area contributed by atoms with Crippen molar-refractivity contribution in [2.24, 2.45) is 5.92 Å². The minimum absolute atomic E-state index is 0.141. The van der Waals surface area contributed by atoms with Gasteiger partial charge in [-0.25, -0.2) is 4.98 Å². The van der Waals surface area contributed by atoms with E-state index in [1.807, 2.05) is 17.0 Å². The van der Waals surface area contributed by atoms with E-state index < -0.39 is 0 Å². The van der Waals surface area contributed by atoms with Crippen molar-refractivity contribution in [3.05, 3.63) is 58.8 Å². The average Bonchev–Trinajstić information content (AvgIpc) is 3.12. The number of carbonyl (C=O) groups is 1. The van der Waals surface area contributed by atoms with Crippen LogP contribution in [0.1, 0.15) is 39.4 Å². The molecular weight excluding hydrogens is 452 g/mol. The Morgan fingerprint density at radius 1 is 1.16 bits per heavy atom. The molecule has 1 amide bonds. The molecule has 0 spiro atoms. The number of aromatic nitrogens is 2. The van der Waals surface area contributed by atoms with Gasteiger partial charge in [0.05, 0.1) is 17.6 Å². The minimum Gasteiger partial charge on any atom is -0.340 e. The number of likely N-dealkylation sites (tertiary alicyclic amines) is 1. The van der Waals surface area contributed by atoms with Gasteiger partial charge in [-0.3, -0.25) is 14.3 Å². The van der Waals surface area contributed by atoms with Crippen molar-refractivity contribution < 1.29 is 4.79 Å². The lowest BCUT2D eigenvalue weighted by atomic mass is 9.94. The number of carbonyl (C=O) groups excluding carboxylic acids is 1. The lowest BCUT2D eigenvalue weighted by Crippen LogP contribution is -2.45. The molecule has 5 nitrogen and oxygen atoms in total. The van der Waals surface area contributed by atoms with E-state index in [1.165, 1.54) is 0 Å². The number of hydrogen-bond donors (Lipinski definition) is 0. The van der Waals surface area contributed by atoms with Crippen molar-refractivity contribution in [1.29, 1.82) is 0 Å². The monoisotopic (exact) mass is 482 g/mol. The number of piperidine rings is 1. The zero-order valence-corrected chi connectivity index (χ0v) is 20.2. The van der Waals surface area contributed by atoms with Crippen molar-refractivity contribution in [2.45, 2.75) is 46.2 Å².